The minimum atomic E-state index is -1.35. The van der Waals surface area contributed by atoms with Crippen molar-refractivity contribution < 1.29 is 29.3 Å². The molecule has 0 aliphatic carbocycles. The second-order valence-electron chi connectivity index (χ2n) is 6.32. The van der Waals surface area contributed by atoms with E-state index >= 15 is 0 Å². The quantitative estimate of drug-likeness (QED) is 0.399. The van der Waals surface area contributed by atoms with Crippen LogP contribution in [0.25, 0.3) is 0 Å². The summed E-state index contributed by atoms with van der Waals surface area (Å²) < 4.78 is 11.6. The van der Waals surface area contributed by atoms with E-state index in [1.165, 1.54) is 0 Å². The average molecular weight is 357 g/mol. The van der Waals surface area contributed by atoms with Crippen LogP contribution in [0.3, 0.4) is 0 Å². The van der Waals surface area contributed by atoms with Gasteiger partial charge in [-0.1, -0.05) is 13.8 Å². The van der Waals surface area contributed by atoms with E-state index in [4.69, 9.17) is 20.9 Å². The van der Waals surface area contributed by atoms with Crippen molar-refractivity contribution in [2.24, 2.45) is 17.4 Å². The van der Waals surface area contributed by atoms with Crippen molar-refractivity contribution >= 4 is 11.9 Å². The summed E-state index contributed by atoms with van der Waals surface area (Å²) in [6.45, 7) is 3.57. The van der Waals surface area contributed by atoms with E-state index in [0.717, 1.165) is 11.0 Å². The Morgan fingerprint density at radius 3 is 2.64 bits per heavy atom. The number of aromatic nitrogens is 3. The molecule has 0 spiro atoms. The van der Waals surface area contributed by atoms with E-state index in [2.05, 4.69) is 10.1 Å². The summed E-state index contributed by atoms with van der Waals surface area (Å²) in [7, 11) is 0. The van der Waals surface area contributed by atoms with E-state index in [1.807, 2.05) is 13.8 Å². The maximum Gasteiger partial charge on any atom is 0.323 e. The average Bonchev–Trinajstić information content (AvgIpc) is 3.11. The zero-order valence-corrected chi connectivity index (χ0v) is 14.0. The smallest absolute Gasteiger partial charge is 0.323 e. The van der Waals surface area contributed by atoms with Crippen LogP contribution in [0.1, 0.15) is 37.1 Å². The van der Waals surface area contributed by atoms with Crippen molar-refractivity contribution in [2.45, 2.75) is 50.8 Å². The lowest BCUT2D eigenvalue weighted by atomic mass is 10.1. The van der Waals surface area contributed by atoms with Crippen LogP contribution in [0.2, 0.25) is 0 Å². The highest BCUT2D eigenvalue weighted by molar-refractivity contribution is 5.88. The Kier molecular flexibility index (Phi) is 6.06. The lowest BCUT2D eigenvalue weighted by Crippen LogP contribution is -2.38. The molecule has 11 nitrogen and oxygen atoms in total. The second kappa shape index (κ2) is 7.87. The van der Waals surface area contributed by atoms with Gasteiger partial charge < -0.3 is 31.2 Å². The number of hydrogen-bond donors (Lipinski definition) is 4. The van der Waals surface area contributed by atoms with Crippen LogP contribution in [0.5, 0.6) is 0 Å². The fourth-order valence-corrected chi connectivity index (χ4v) is 2.47. The number of aliphatic hydroxyl groups is 2. The van der Waals surface area contributed by atoms with Crippen LogP contribution < -0.4 is 11.5 Å². The number of nitrogens with zero attached hydrogens (tertiary/aromatic N) is 3. The molecule has 5 atom stereocenters. The Balaban J connectivity index is 1.95. The van der Waals surface area contributed by atoms with Crippen LogP contribution in [0, 0.1) is 5.92 Å². The predicted molar refractivity (Wildman–Crippen MR) is 82.9 cm³/mol. The van der Waals surface area contributed by atoms with Crippen LogP contribution in [-0.4, -0.2) is 67.8 Å². The number of primary amides is 1. The fraction of sp³-hybridized carbons (Fsp3) is 0.714. The lowest BCUT2D eigenvalue weighted by Gasteiger charge is -2.17. The first-order chi connectivity index (χ1) is 11.7. The number of carbonyl (C=O) groups excluding carboxylic acids is 2. The van der Waals surface area contributed by atoms with Crippen molar-refractivity contribution in [1.82, 2.24) is 14.8 Å². The molecule has 2 rings (SSSR count). The standard InChI is InChI=1S/C14H23N5O6/c1-6(2)3-7(15)14(23)24-4-8-9(20)10(21)13(25-8)19-5-17-12(18-19)11(16)22/h5-10,13,20-21H,3-4,15H2,1-2H3,(H2,16,22)/t7-,8+,9+,10+,13+/m0/s1. The van der Waals surface area contributed by atoms with Crippen LogP contribution >= 0.6 is 0 Å². The molecule has 1 aliphatic rings. The monoisotopic (exact) mass is 357 g/mol. The fourth-order valence-electron chi connectivity index (χ4n) is 2.47. The van der Waals surface area contributed by atoms with Crippen LogP contribution in [-0.2, 0) is 14.3 Å². The Morgan fingerprint density at radius 1 is 1.40 bits per heavy atom. The Bertz CT molecular complexity index is 621. The third-order valence-electron chi connectivity index (χ3n) is 3.74. The Morgan fingerprint density at radius 2 is 2.08 bits per heavy atom. The van der Waals surface area contributed by atoms with E-state index in [0.29, 0.717) is 6.42 Å². The molecule has 0 aromatic carbocycles. The van der Waals surface area contributed by atoms with Crippen LogP contribution in [0.15, 0.2) is 6.33 Å². The number of esters is 1. The summed E-state index contributed by atoms with van der Waals surface area (Å²) in [6.07, 6.45) is -3.13. The van der Waals surface area contributed by atoms with Crippen molar-refractivity contribution in [3.8, 4) is 0 Å². The molecule has 1 aromatic rings. The second-order valence-corrected chi connectivity index (χ2v) is 6.32. The van der Waals surface area contributed by atoms with Gasteiger partial charge in [0.25, 0.3) is 5.91 Å². The summed E-state index contributed by atoms with van der Waals surface area (Å²) >= 11 is 0. The first-order valence-electron chi connectivity index (χ1n) is 7.85. The molecule has 6 N–H and O–H groups in total. The van der Waals surface area contributed by atoms with Crippen molar-refractivity contribution in [3.05, 3.63) is 12.2 Å². The summed E-state index contributed by atoms with van der Waals surface area (Å²) in [6, 6.07) is -0.771. The highest BCUT2D eigenvalue weighted by atomic mass is 16.6. The van der Waals surface area contributed by atoms with Crippen molar-refractivity contribution in [3.63, 3.8) is 0 Å². The van der Waals surface area contributed by atoms with Crippen molar-refractivity contribution in [1.29, 1.82) is 0 Å². The SMILES string of the molecule is CC(C)C[C@H](N)C(=O)OC[C@H]1O[C@@H](n2cnc(C(N)=O)n2)[C@H](O)[C@@H]1O. The first-order valence-corrected chi connectivity index (χ1v) is 7.85. The highest BCUT2D eigenvalue weighted by Crippen LogP contribution is 2.29. The largest absolute Gasteiger partial charge is 0.462 e. The Labute approximate surface area is 143 Å². The van der Waals surface area contributed by atoms with Gasteiger partial charge in [0.05, 0.1) is 0 Å². The van der Waals surface area contributed by atoms with Gasteiger partial charge in [-0.25, -0.2) is 9.67 Å². The maximum atomic E-state index is 11.8. The lowest BCUT2D eigenvalue weighted by molar-refractivity contribution is -0.152. The Hall–Kier alpha value is -2.08. The number of carbonyl (C=O) groups is 2. The number of amides is 1. The molecule has 1 aliphatic heterocycles. The molecule has 0 saturated carbocycles. The third kappa shape index (κ3) is 4.51. The van der Waals surface area contributed by atoms with Gasteiger partial charge in [-0.05, 0) is 12.3 Å². The molecule has 1 amide bonds. The first kappa shape index (κ1) is 19.2. The molecule has 0 radical (unpaired) electrons. The predicted octanol–water partition coefficient (Wildman–Crippen LogP) is -2.09. The summed E-state index contributed by atoms with van der Waals surface area (Å²) in [5.74, 6) is -1.47. The molecule has 1 saturated heterocycles. The van der Waals surface area contributed by atoms with Crippen molar-refractivity contribution in [2.75, 3.05) is 6.61 Å². The van der Waals surface area contributed by atoms with Gasteiger partial charge in [-0.2, -0.15) is 0 Å². The zero-order valence-electron chi connectivity index (χ0n) is 14.0. The number of aliphatic hydroxyl groups excluding tert-OH is 2. The van der Waals surface area contributed by atoms with Gasteiger partial charge in [0.1, 0.15) is 37.3 Å². The van der Waals surface area contributed by atoms with Crippen LogP contribution in [0.4, 0.5) is 0 Å². The van der Waals surface area contributed by atoms with E-state index in [1.54, 1.807) is 0 Å². The normalized spacial score (nSPS) is 27.4. The summed E-state index contributed by atoms with van der Waals surface area (Å²) in [4.78, 5) is 26.5. The topological polar surface area (TPSA) is 176 Å². The third-order valence-corrected chi connectivity index (χ3v) is 3.74. The minimum absolute atomic E-state index is 0.230. The molecule has 0 bridgehead atoms. The number of nitrogens with two attached hydrogens (primary N) is 2. The highest BCUT2D eigenvalue weighted by Gasteiger charge is 2.45. The molecular formula is C14H23N5O6. The molecule has 1 fully saturated rings. The molecule has 140 valence electrons. The van der Waals surface area contributed by atoms with Gasteiger partial charge in [0.2, 0.25) is 5.82 Å². The number of hydrogen-bond acceptors (Lipinski definition) is 9. The van der Waals surface area contributed by atoms with E-state index in [9.17, 15) is 19.8 Å². The molecule has 2 heterocycles. The van der Waals surface area contributed by atoms with Gasteiger partial charge in [0.15, 0.2) is 6.23 Å². The summed E-state index contributed by atoms with van der Waals surface area (Å²) in [5.41, 5.74) is 10.8. The molecule has 25 heavy (non-hydrogen) atoms. The van der Waals surface area contributed by atoms with Gasteiger partial charge in [-0.15, -0.1) is 5.10 Å². The maximum absolute atomic E-state index is 11.8. The van der Waals surface area contributed by atoms with Gasteiger partial charge >= 0.3 is 5.97 Å². The molecule has 11 heteroatoms. The minimum Gasteiger partial charge on any atom is -0.462 e. The zero-order chi connectivity index (χ0) is 18.7. The van der Waals surface area contributed by atoms with Gasteiger partial charge in [0, 0.05) is 0 Å². The van der Waals surface area contributed by atoms with E-state index < -0.39 is 42.5 Å². The molecule has 0 unspecified atom stereocenters. The van der Waals surface area contributed by atoms with Gasteiger partial charge in [-0.3, -0.25) is 9.59 Å². The molecular weight excluding hydrogens is 334 g/mol. The van der Waals surface area contributed by atoms with E-state index in [-0.39, 0.29) is 18.3 Å². The molecule has 1 aromatic heterocycles. The number of ether oxygens (including phenoxy) is 2. The summed E-state index contributed by atoms with van der Waals surface area (Å²) in [5, 5.41) is 23.9. The number of rotatable bonds is 7.